The molecule has 0 aliphatic heterocycles. The van der Waals surface area contributed by atoms with Gasteiger partial charge in [-0.1, -0.05) is 28.1 Å². The number of thiazole rings is 1. The van der Waals surface area contributed by atoms with Crippen LogP contribution in [-0.4, -0.2) is 26.5 Å². The first kappa shape index (κ1) is 16.3. The second kappa shape index (κ2) is 6.90. The number of hydrogen-bond acceptors (Lipinski definition) is 7. The maximum Gasteiger partial charge on any atom is 0.203 e. The van der Waals surface area contributed by atoms with Crippen molar-refractivity contribution in [2.75, 3.05) is 5.43 Å². The third-order valence-electron chi connectivity index (χ3n) is 3.12. The number of anilines is 1. The summed E-state index contributed by atoms with van der Waals surface area (Å²) in [5, 5.41) is 35.1. The van der Waals surface area contributed by atoms with E-state index in [-0.39, 0.29) is 22.8 Å². The topological polar surface area (TPSA) is 98.0 Å². The predicted molar refractivity (Wildman–Crippen MR) is 97.9 cm³/mol. The Morgan fingerprint density at radius 3 is 2.42 bits per heavy atom. The molecule has 0 saturated carbocycles. The third kappa shape index (κ3) is 3.66. The molecule has 4 N–H and O–H groups in total. The molecular formula is C16H12BrN3O3S. The summed E-state index contributed by atoms with van der Waals surface area (Å²) in [5.74, 6) is -0.769. The SMILES string of the molecule is Oc1cc(O)c(/C=N/Nc2nc(-c3ccc(Br)cc3)cs2)c(O)c1. The van der Waals surface area contributed by atoms with Crippen LogP contribution in [-0.2, 0) is 0 Å². The number of halogens is 1. The van der Waals surface area contributed by atoms with Gasteiger partial charge in [0.1, 0.15) is 17.2 Å². The van der Waals surface area contributed by atoms with Gasteiger partial charge < -0.3 is 15.3 Å². The molecule has 2 aromatic carbocycles. The molecule has 0 bridgehead atoms. The number of nitrogens with one attached hydrogen (secondary N) is 1. The van der Waals surface area contributed by atoms with Crippen LogP contribution in [0, 0.1) is 0 Å². The minimum Gasteiger partial charge on any atom is -0.508 e. The fourth-order valence-corrected chi connectivity index (χ4v) is 2.90. The van der Waals surface area contributed by atoms with Gasteiger partial charge in [-0.25, -0.2) is 4.98 Å². The Labute approximate surface area is 149 Å². The van der Waals surface area contributed by atoms with E-state index < -0.39 is 0 Å². The fraction of sp³-hybridized carbons (Fsp3) is 0. The Hall–Kier alpha value is -2.58. The van der Waals surface area contributed by atoms with Crippen molar-refractivity contribution in [1.29, 1.82) is 0 Å². The first-order chi connectivity index (χ1) is 11.5. The smallest absolute Gasteiger partial charge is 0.203 e. The van der Waals surface area contributed by atoms with Crippen molar-refractivity contribution in [2.45, 2.75) is 0 Å². The number of phenolic OH excluding ortho intramolecular Hbond substituents is 3. The monoisotopic (exact) mass is 405 g/mol. The maximum absolute atomic E-state index is 9.69. The average molecular weight is 406 g/mol. The number of rotatable bonds is 4. The predicted octanol–water partition coefficient (Wildman–Crippen LogP) is 4.14. The van der Waals surface area contributed by atoms with Crippen molar-refractivity contribution in [2.24, 2.45) is 5.10 Å². The molecule has 0 spiro atoms. The minimum atomic E-state index is -0.271. The van der Waals surface area contributed by atoms with Crippen molar-refractivity contribution in [3.63, 3.8) is 0 Å². The molecule has 0 atom stereocenters. The highest BCUT2D eigenvalue weighted by Crippen LogP contribution is 2.30. The van der Waals surface area contributed by atoms with Crippen molar-refractivity contribution >= 4 is 38.6 Å². The molecule has 0 saturated heterocycles. The standard InChI is InChI=1S/C16H12BrN3O3S/c17-10-3-1-9(2-4-10)13-8-24-16(19-13)20-18-7-12-14(22)5-11(21)6-15(12)23/h1-8,21-23H,(H,19,20)/b18-7+. The van der Waals surface area contributed by atoms with Gasteiger partial charge in [0, 0.05) is 27.5 Å². The molecule has 122 valence electrons. The van der Waals surface area contributed by atoms with Gasteiger partial charge in [-0.15, -0.1) is 11.3 Å². The molecule has 0 radical (unpaired) electrons. The first-order valence-electron chi connectivity index (χ1n) is 6.78. The Balaban J connectivity index is 1.73. The van der Waals surface area contributed by atoms with Crippen LogP contribution in [0.1, 0.15) is 5.56 Å². The number of nitrogens with zero attached hydrogens (tertiary/aromatic N) is 2. The lowest BCUT2D eigenvalue weighted by molar-refractivity contribution is 0.427. The van der Waals surface area contributed by atoms with E-state index in [4.69, 9.17) is 0 Å². The van der Waals surface area contributed by atoms with Crippen LogP contribution >= 0.6 is 27.3 Å². The van der Waals surface area contributed by atoms with E-state index in [1.165, 1.54) is 17.6 Å². The Morgan fingerprint density at radius 1 is 1.08 bits per heavy atom. The van der Waals surface area contributed by atoms with Crippen LogP contribution in [0.2, 0.25) is 0 Å². The molecule has 1 heterocycles. The van der Waals surface area contributed by atoms with Crippen LogP contribution in [0.4, 0.5) is 5.13 Å². The molecule has 0 unspecified atom stereocenters. The highest BCUT2D eigenvalue weighted by molar-refractivity contribution is 9.10. The number of aromatic nitrogens is 1. The summed E-state index contributed by atoms with van der Waals surface area (Å²) in [4.78, 5) is 4.41. The highest BCUT2D eigenvalue weighted by atomic mass is 79.9. The van der Waals surface area contributed by atoms with Crippen molar-refractivity contribution in [3.05, 3.63) is 51.8 Å². The van der Waals surface area contributed by atoms with Crippen LogP contribution in [0.25, 0.3) is 11.3 Å². The Kier molecular flexibility index (Phi) is 4.68. The Morgan fingerprint density at radius 2 is 1.75 bits per heavy atom. The molecule has 0 amide bonds. The van der Waals surface area contributed by atoms with E-state index in [1.807, 2.05) is 29.6 Å². The molecule has 0 aliphatic rings. The fourth-order valence-electron chi connectivity index (χ4n) is 1.97. The summed E-state index contributed by atoms with van der Waals surface area (Å²) in [6.45, 7) is 0. The Bertz CT molecular complexity index is 871. The molecule has 1 aromatic heterocycles. The summed E-state index contributed by atoms with van der Waals surface area (Å²) in [6, 6.07) is 10.0. The van der Waals surface area contributed by atoms with E-state index >= 15 is 0 Å². The van der Waals surface area contributed by atoms with E-state index in [1.54, 1.807) is 0 Å². The zero-order chi connectivity index (χ0) is 17.1. The summed E-state index contributed by atoms with van der Waals surface area (Å²) < 4.78 is 0.998. The summed E-state index contributed by atoms with van der Waals surface area (Å²) >= 11 is 4.77. The normalized spacial score (nSPS) is 11.0. The van der Waals surface area contributed by atoms with Gasteiger partial charge in [0.2, 0.25) is 5.13 Å². The number of phenols is 3. The third-order valence-corrected chi connectivity index (χ3v) is 4.39. The van der Waals surface area contributed by atoms with Gasteiger partial charge in [-0.2, -0.15) is 5.10 Å². The summed E-state index contributed by atoms with van der Waals surface area (Å²) in [6.07, 6.45) is 1.25. The highest BCUT2D eigenvalue weighted by Gasteiger charge is 2.08. The molecule has 0 fully saturated rings. The lowest BCUT2D eigenvalue weighted by atomic mass is 10.2. The first-order valence-corrected chi connectivity index (χ1v) is 8.45. The van der Waals surface area contributed by atoms with Gasteiger partial charge in [0.15, 0.2) is 0 Å². The number of hydrogen-bond donors (Lipinski definition) is 4. The largest absolute Gasteiger partial charge is 0.508 e. The van der Waals surface area contributed by atoms with E-state index in [0.717, 1.165) is 27.9 Å². The zero-order valence-corrected chi connectivity index (χ0v) is 14.5. The van der Waals surface area contributed by atoms with Crippen molar-refractivity contribution < 1.29 is 15.3 Å². The quantitative estimate of drug-likeness (QED) is 0.386. The number of hydrazone groups is 1. The molecular weight excluding hydrogens is 394 g/mol. The van der Waals surface area contributed by atoms with E-state index in [0.29, 0.717) is 5.13 Å². The van der Waals surface area contributed by atoms with Crippen LogP contribution < -0.4 is 5.43 Å². The van der Waals surface area contributed by atoms with Crippen molar-refractivity contribution in [3.8, 4) is 28.5 Å². The second-order valence-electron chi connectivity index (χ2n) is 4.81. The second-order valence-corrected chi connectivity index (χ2v) is 6.59. The van der Waals surface area contributed by atoms with Gasteiger partial charge >= 0.3 is 0 Å². The minimum absolute atomic E-state index is 0.102. The molecule has 3 aromatic rings. The maximum atomic E-state index is 9.69. The van der Waals surface area contributed by atoms with Gasteiger partial charge in [-0.05, 0) is 12.1 Å². The molecule has 24 heavy (non-hydrogen) atoms. The molecule has 0 aliphatic carbocycles. The van der Waals surface area contributed by atoms with Crippen LogP contribution in [0.3, 0.4) is 0 Å². The lowest BCUT2D eigenvalue weighted by Gasteiger charge is -2.03. The summed E-state index contributed by atoms with van der Waals surface area (Å²) in [7, 11) is 0. The van der Waals surface area contributed by atoms with Gasteiger partial charge in [-0.3, -0.25) is 5.43 Å². The number of aromatic hydroxyl groups is 3. The van der Waals surface area contributed by atoms with Crippen LogP contribution in [0.5, 0.6) is 17.2 Å². The van der Waals surface area contributed by atoms with Gasteiger partial charge in [0.05, 0.1) is 17.5 Å². The number of benzene rings is 2. The van der Waals surface area contributed by atoms with E-state index in [2.05, 4.69) is 31.4 Å². The van der Waals surface area contributed by atoms with E-state index in [9.17, 15) is 15.3 Å². The van der Waals surface area contributed by atoms with Gasteiger partial charge in [0.25, 0.3) is 0 Å². The average Bonchev–Trinajstić information content (AvgIpc) is 2.99. The van der Waals surface area contributed by atoms with Crippen molar-refractivity contribution in [1.82, 2.24) is 4.98 Å². The lowest BCUT2D eigenvalue weighted by Crippen LogP contribution is -1.91. The summed E-state index contributed by atoms with van der Waals surface area (Å²) in [5.41, 5.74) is 4.65. The molecule has 3 rings (SSSR count). The zero-order valence-electron chi connectivity index (χ0n) is 12.1. The van der Waals surface area contributed by atoms with Crippen LogP contribution in [0.15, 0.2) is 51.4 Å². The molecule has 8 heteroatoms. The molecule has 6 nitrogen and oxygen atoms in total.